The van der Waals surface area contributed by atoms with E-state index in [1.54, 1.807) is 6.33 Å². The fraction of sp³-hybridized carbons (Fsp3) is 0.692. The molecule has 0 spiro atoms. The number of nitrogens with zero attached hydrogens (tertiary/aromatic N) is 3. The molecule has 1 aliphatic rings. The first-order valence-corrected chi connectivity index (χ1v) is 6.42. The highest BCUT2D eigenvalue weighted by atomic mass is 15.2. The third-order valence-corrected chi connectivity index (χ3v) is 2.95. The van der Waals surface area contributed by atoms with Crippen LogP contribution in [0.3, 0.4) is 0 Å². The molecule has 17 heavy (non-hydrogen) atoms. The van der Waals surface area contributed by atoms with Crippen molar-refractivity contribution in [1.29, 1.82) is 0 Å². The monoisotopic (exact) mass is 234 g/mol. The van der Waals surface area contributed by atoms with Gasteiger partial charge in [0.15, 0.2) is 0 Å². The maximum atomic E-state index is 4.49. The number of rotatable bonds is 6. The first-order chi connectivity index (χ1) is 8.22. The van der Waals surface area contributed by atoms with E-state index < -0.39 is 0 Å². The van der Waals surface area contributed by atoms with Crippen molar-refractivity contribution in [3.63, 3.8) is 0 Å². The Balaban J connectivity index is 2.21. The van der Waals surface area contributed by atoms with Crippen molar-refractivity contribution in [2.45, 2.75) is 39.3 Å². The van der Waals surface area contributed by atoms with Gasteiger partial charge in [-0.1, -0.05) is 13.8 Å². The Bertz CT molecular complexity index is 360. The zero-order valence-electron chi connectivity index (χ0n) is 11.0. The van der Waals surface area contributed by atoms with E-state index in [0.29, 0.717) is 12.0 Å². The van der Waals surface area contributed by atoms with E-state index in [-0.39, 0.29) is 0 Å². The van der Waals surface area contributed by atoms with Crippen molar-refractivity contribution in [3.8, 4) is 0 Å². The third-order valence-electron chi connectivity index (χ3n) is 2.95. The number of aromatic nitrogens is 2. The largest absolute Gasteiger partial charge is 0.353 e. The Hall–Kier alpha value is -1.16. The molecule has 2 rings (SSSR count). The molecule has 0 radical (unpaired) electrons. The second kappa shape index (κ2) is 5.45. The Morgan fingerprint density at radius 3 is 2.82 bits per heavy atom. The summed E-state index contributed by atoms with van der Waals surface area (Å²) in [6, 6.07) is 0.697. The lowest BCUT2D eigenvalue weighted by molar-refractivity contribution is 0.598. The maximum absolute atomic E-state index is 4.49. The van der Waals surface area contributed by atoms with Gasteiger partial charge in [-0.3, -0.25) is 0 Å². The minimum atomic E-state index is 0.660. The predicted molar refractivity (Wildman–Crippen MR) is 70.0 cm³/mol. The standard InChI is InChI=1S/C13H22N4/c1-10(2)8-17(12-4-5-12)13-11(6-14-3)7-15-9-16-13/h7,9-10,12,14H,4-6,8H2,1-3H3. The summed E-state index contributed by atoms with van der Waals surface area (Å²) in [5.41, 5.74) is 1.20. The Morgan fingerprint density at radius 1 is 1.47 bits per heavy atom. The van der Waals surface area contributed by atoms with Gasteiger partial charge in [0.25, 0.3) is 0 Å². The normalized spacial score (nSPS) is 15.3. The van der Waals surface area contributed by atoms with E-state index in [2.05, 4.69) is 34.0 Å². The van der Waals surface area contributed by atoms with Gasteiger partial charge in [0.05, 0.1) is 0 Å². The van der Waals surface area contributed by atoms with Crippen LogP contribution in [-0.2, 0) is 6.54 Å². The molecular weight excluding hydrogens is 212 g/mol. The van der Waals surface area contributed by atoms with Gasteiger partial charge in [-0.15, -0.1) is 0 Å². The first-order valence-electron chi connectivity index (χ1n) is 6.42. The molecule has 4 heteroatoms. The van der Waals surface area contributed by atoms with Gasteiger partial charge >= 0.3 is 0 Å². The third kappa shape index (κ3) is 3.16. The molecule has 0 bridgehead atoms. The Morgan fingerprint density at radius 2 is 2.24 bits per heavy atom. The van der Waals surface area contributed by atoms with Crippen LogP contribution in [0.1, 0.15) is 32.3 Å². The second-order valence-electron chi connectivity index (χ2n) is 5.18. The SMILES string of the molecule is CNCc1cncnc1N(CC(C)C)C1CC1. The maximum Gasteiger partial charge on any atom is 0.136 e. The zero-order valence-corrected chi connectivity index (χ0v) is 11.0. The van der Waals surface area contributed by atoms with Crippen LogP contribution in [0.25, 0.3) is 0 Å². The molecule has 4 nitrogen and oxygen atoms in total. The highest BCUT2D eigenvalue weighted by molar-refractivity contribution is 5.47. The lowest BCUT2D eigenvalue weighted by atomic mass is 10.2. The van der Waals surface area contributed by atoms with E-state index in [1.165, 1.54) is 18.4 Å². The average Bonchev–Trinajstić information content (AvgIpc) is 3.11. The molecule has 1 heterocycles. The van der Waals surface area contributed by atoms with Gasteiger partial charge in [0.2, 0.25) is 0 Å². The molecule has 1 fully saturated rings. The molecule has 94 valence electrons. The molecule has 0 atom stereocenters. The molecule has 0 amide bonds. The van der Waals surface area contributed by atoms with Crippen LogP contribution in [0.2, 0.25) is 0 Å². The zero-order chi connectivity index (χ0) is 12.3. The number of hydrogen-bond acceptors (Lipinski definition) is 4. The van der Waals surface area contributed by atoms with Crippen LogP contribution < -0.4 is 10.2 Å². The van der Waals surface area contributed by atoms with Crippen LogP contribution in [-0.4, -0.2) is 29.6 Å². The summed E-state index contributed by atoms with van der Waals surface area (Å²) in [5, 5.41) is 3.19. The lowest BCUT2D eigenvalue weighted by Gasteiger charge is -2.27. The van der Waals surface area contributed by atoms with Crippen molar-refractivity contribution >= 4 is 5.82 Å². The second-order valence-corrected chi connectivity index (χ2v) is 5.18. The van der Waals surface area contributed by atoms with Crippen LogP contribution in [0.5, 0.6) is 0 Å². The van der Waals surface area contributed by atoms with E-state index in [4.69, 9.17) is 0 Å². The van der Waals surface area contributed by atoms with E-state index in [0.717, 1.165) is 18.9 Å². The Labute approximate surface area is 103 Å². The van der Waals surface area contributed by atoms with E-state index in [1.807, 2.05) is 13.2 Å². The number of nitrogens with one attached hydrogen (secondary N) is 1. The summed E-state index contributed by atoms with van der Waals surface area (Å²) in [4.78, 5) is 11.1. The van der Waals surface area contributed by atoms with Gasteiger partial charge in [0, 0.05) is 30.9 Å². The summed E-state index contributed by atoms with van der Waals surface area (Å²) < 4.78 is 0. The topological polar surface area (TPSA) is 41.1 Å². The van der Waals surface area contributed by atoms with Gasteiger partial charge in [-0.05, 0) is 25.8 Å². The smallest absolute Gasteiger partial charge is 0.136 e. The molecule has 0 aromatic carbocycles. The summed E-state index contributed by atoms with van der Waals surface area (Å²) >= 11 is 0. The molecular formula is C13H22N4. The number of hydrogen-bond donors (Lipinski definition) is 1. The first kappa shape index (κ1) is 12.3. The quantitative estimate of drug-likeness (QED) is 0.815. The molecule has 1 aliphatic carbocycles. The summed E-state index contributed by atoms with van der Waals surface area (Å²) in [5.74, 6) is 1.78. The van der Waals surface area contributed by atoms with Crippen molar-refractivity contribution in [2.75, 3.05) is 18.5 Å². The summed E-state index contributed by atoms with van der Waals surface area (Å²) in [6.07, 6.45) is 6.18. The molecule has 1 aromatic rings. The highest BCUT2D eigenvalue weighted by Gasteiger charge is 2.31. The van der Waals surface area contributed by atoms with E-state index >= 15 is 0 Å². The lowest BCUT2D eigenvalue weighted by Crippen LogP contribution is -2.32. The van der Waals surface area contributed by atoms with Gasteiger partial charge in [-0.25, -0.2) is 9.97 Å². The van der Waals surface area contributed by atoms with Crippen molar-refractivity contribution in [3.05, 3.63) is 18.1 Å². The molecule has 1 saturated carbocycles. The molecule has 0 unspecified atom stereocenters. The molecule has 1 aromatic heterocycles. The van der Waals surface area contributed by atoms with Crippen LogP contribution >= 0.6 is 0 Å². The minimum absolute atomic E-state index is 0.660. The van der Waals surface area contributed by atoms with Gasteiger partial charge in [0.1, 0.15) is 12.1 Å². The van der Waals surface area contributed by atoms with Crippen molar-refractivity contribution in [2.24, 2.45) is 5.92 Å². The van der Waals surface area contributed by atoms with Crippen molar-refractivity contribution < 1.29 is 0 Å². The van der Waals surface area contributed by atoms with Crippen LogP contribution in [0, 0.1) is 5.92 Å². The van der Waals surface area contributed by atoms with E-state index in [9.17, 15) is 0 Å². The van der Waals surface area contributed by atoms with Gasteiger partial charge < -0.3 is 10.2 Å². The summed E-state index contributed by atoms with van der Waals surface area (Å²) in [6.45, 7) is 6.43. The summed E-state index contributed by atoms with van der Waals surface area (Å²) in [7, 11) is 1.96. The van der Waals surface area contributed by atoms with Gasteiger partial charge in [-0.2, -0.15) is 0 Å². The highest BCUT2D eigenvalue weighted by Crippen LogP contribution is 2.32. The number of anilines is 1. The van der Waals surface area contributed by atoms with Crippen LogP contribution in [0.15, 0.2) is 12.5 Å². The van der Waals surface area contributed by atoms with Crippen molar-refractivity contribution in [1.82, 2.24) is 15.3 Å². The Kier molecular flexibility index (Phi) is 3.94. The molecule has 0 aliphatic heterocycles. The minimum Gasteiger partial charge on any atom is -0.353 e. The fourth-order valence-corrected chi connectivity index (χ4v) is 2.11. The molecule has 1 N–H and O–H groups in total. The van der Waals surface area contributed by atoms with Crippen LogP contribution in [0.4, 0.5) is 5.82 Å². The molecule has 0 saturated heterocycles. The fourth-order valence-electron chi connectivity index (χ4n) is 2.11. The predicted octanol–water partition coefficient (Wildman–Crippen LogP) is 1.82. The average molecular weight is 234 g/mol.